The first kappa shape index (κ1) is 4.80. The molecule has 1 rings (SSSR count). The van der Waals surface area contributed by atoms with Gasteiger partial charge in [-0.25, -0.2) is 0 Å². The van der Waals surface area contributed by atoms with Crippen LogP contribution in [-0.4, -0.2) is 25.0 Å². The van der Waals surface area contributed by atoms with E-state index < -0.39 is 0 Å². The highest BCUT2D eigenvalue weighted by molar-refractivity contribution is 4.57. The van der Waals surface area contributed by atoms with Gasteiger partial charge in [-0.3, -0.25) is 0 Å². The highest BCUT2D eigenvalue weighted by Gasteiger charge is 2.01. The summed E-state index contributed by atoms with van der Waals surface area (Å²) in [5.41, 5.74) is 0. The molecule has 0 N–H and O–H groups in total. The molecule has 0 spiro atoms. The summed E-state index contributed by atoms with van der Waals surface area (Å²) in [5.74, 6) is 0. The van der Waals surface area contributed by atoms with Crippen LogP contribution in [0.4, 0.5) is 0 Å². The van der Waals surface area contributed by atoms with Crippen molar-refractivity contribution in [2.24, 2.45) is 0 Å². The minimum atomic E-state index is 0.178. The van der Waals surface area contributed by atoms with Crippen molar-refractivity contribution in [3.8, 4) is 0 Å². The van der Waals surface area contributed by atoms with Crippen molar-refractivity contribution >= 4 is 0 Å². The zero-order valence-electron chi connectivity index (χ0n) is 6.56. The SMILES string of the molecule is [2H][C@@H]1CCCCN(C)C1. The average molecular weight is 114 g/mol. The fourth-order valence-corrected chi connectivity index (χ4v) is 1.07. The molecule has 0 aromatic carbocycles. The Kier molecular flexibility index (Phi) is 1.85. The van der Waals surface area contributed by atoms with Gasteiger partial charge < -0.3 is 4.90 Å². The van der Waals surface area contributed by atoms with E-state index in [0.717, 1.165) is 13.0 Å². The zero-order chi connectivity index (χ0) is 6.69. The van der Waals surface area contributed by atoms with Gasteiger partial charge in [-0.15, -0.1) is 0 Å². The van der Waals surface area contributed by atoms with E-state index in [-0.39, 0.29) is 6.40 Å². The van der Waals surface area contributed by atoms with E-state index in [1.165, 1.54) is 19.4 Å². The number of rotatable bonds is 0. The molecule has 8 heavy (non-hydrogen) atoms. The van der Waals surface area contributed by atoms with Crippen molar-refractivity contribution in [3.05, 3.63) is 0 Å². The predicted molar refractivity (Wildman–Crippen MR) is 36.0 cm³/mol. The summed E-state index contributed by atoms with van der Waals surface area (Å²) >= 11 is 0. The minimum absolute atomic E-state index is 0.178. The van der Waals surface area contributed by atoms with E-state index in [1.54, 1.807) is 0 Å². The number of hydrogen-bond acceptors (Lipinski definition) is 1. The molecule has 1 aliphatic heterocycles. The molecule has 1 heteroatoms. The molecular formula is C7H15N. The van der Waals surface area contributed by atoms with Gasteiger partial charge in [-0.1, -0.05) is 12.8 Å². The van der Waals surface area contributed by atoms with Gasteiger partial charge >= 0.3 is 0 Å². The van der Waals surface area contributed by atoms with Gasteiger partial charge in [0, 0.05) is 1.37 Å². The van der Waals surface area contributed by atoms with Crippen molar-refractivity contribution in [2.45, 2.75) is 25.7 Å². The maximum atomic E-state index is 7.50. The summed E-state index contributed by atoms with van der Waals surface area (Å²) in [6.45, 7) is 2.16. The van der Waals surface area contributed by atoms with E-state index in [9.17, 15) is 0 Å². The molecule has 0 amide bonds. The fourth-order valence-electron chi connectivity index (χ4n) is 1.07. The van der Waals surface area contributed by atoms with Crippen LogP contribution in [0.5, 0.6) is 0 Å². The molecule has 48 valence electrons. The maximum Gasteiger partial charge on any atom is 0.0280 e. The predicted octanol–water partition coefficient (Wildman–Crippen LogP) is 1.49. The molecule has 1 aliphatic rings. The fraction of sp³-hybridized carbons (Fsp3) is 1.00. The third-order valence-electron chi connectivity index (χ3n) is 1.64. The summed E-state index contributed by atoms with van der Waals surface area (Å²) in [4.78, 5) is 2.25. The molecule has 0 aliphatic carbocycles. The molecule has 0 bridgehead atoms. The second-order valence-electron chi connectivity index (χ2n) is 2.55. The summed E-state index contributed by atoms with van der Waals surface area (Å²) in [5, 5.41) is 0. The quantitative estimate of drug-likeness (QED) is 0.461. The van der Waals surface area contributed by atoms with Gasteiger partial charge in [0.1, 0.15) is 0 Å². The van der Waals surface area contributed by atoms with E-state index in [4.69, 9.17) is 1.37 Å². The lowest BCUT2D eigenvalue weighted by atomic mass is 10.2. The topological polar surface area (TPSA) is 3.24 Å². The molecular weight excluding hydrogens is 98.1 g/mol. The standard InChI is InChI=1S/C7H15N/c1-8-6-4-2-3-5-7-8/h2-7H2,1H3/i4D/t4-/m1/s1. The first-order chi connectivity index (χ1) is 4.29. The summed E-state index contributed by atoms with van der Waals surface area (Å²) in [6.07, 6.45) is 3.81. The lowest BCUT2D eigenvalue weighted by molar-refractivity contribution is 0.349. The van der Waals surface area contributed by atoms with Gasteiger partial charge in [-0.2, -0.15) is 0 Å². The average Bonchev–Trinajstić information content (AvgIpc) is 1.93. The summed E-state index contributed by atoms with van der Waals surface area (Å²) in [6, 6.07) is 0. The second-order valence-corrected chi connectivity index (χ2v) is 2.55. The molecule has 0 aromatic heterocycles. The molecule has 1 fully saturated rings. The van der Waals surface area contributed by atoms with Crippen molar-refractivity contribution in [1.82, 2.24) is 4.90 Å². The Morgan fingerprint density at radius 2 is 2.12 bits per heavy atom. The smallest absolute Gasteiger partial charge is 0.0280 e. The number of likely N-dealkylation sites (tertiary alicyclic amines) is 1. The lowest BCUT2D eigenvalue weighted by Crippen LogP contribution is -2.18. The van der Waals surface area contributed by atoms with Gasteiger partial charge in [0.2, 0.25) is 0 Å². The first-order valence-corrected chi connectivity index (χ1v) is 3.40. The number of hydrogen-bond donors (Lipinski definition) is 0. The van der Waals surface area contributed by atoms with Crippen molar-refractivity contribution < 1.29 is 1.37 Å². The molecule has 1 nitrogen and oxygen atoms in total. The van der Waals surface area contributed by atoms with E-state index in [0.29, 0.717) is 0 Å². The maximum absolute atomic E-state index is 7.50. The highest BCUT2D eigenvalue weighted by Crippen LogP contribution is 2.06. The molecule has 0 unspecified atom stereocenters. The summed E-state index contributed by atoms with van der Waals surface area (Å²) in [7, 11) is 2.10. The van der Waals surface area contributed by atoms with Crippen molar-refractivity contribution in [2.75, 3.05) is 20.1 Å². The van der Waals surface area contributed by atoms with Crippen LogP contribution in [0.25, 0.3) is 0 Å². The van der Waals surface area contributed by atoms with Gasteiger partial charge in [0.15, 0.2) is 0 Å². The first-order valence-electron chi connectivity index (χ1n) is 3.97. The molecule has 1 heterocycles. The van der Waals surface area contributed by atoms with Crippen molar-refractivity contribution in [3.63, 3.8) is 0 Å². The largest absolute Gasteiger partial charge is 0.306 e. The Bertz CT molecular complexity index is 75.0. The van der Waals surface area contributed by atoms with E-state index in [2.05, 4.69) is 11.9 Å². The van der Waals surface area contributed by atoms with Crippen LogP contribution in [0.1, 0.15) is 27.0 Å². The minimum Gasteiger partial charge on any atom is -0.306 e. The molecule has 1 atom stereocenters. The van der Waals surface area contributed by atoms with Gasteiger partial charge in [0.05, 0.1) is 0 Å². The molecule has 0 saturated carbocycles. The Hall–Kier alpha value is -0.0400. The van der Waals surface area contributed by atoms with Crippen LogP contribution in [0.2, 0.25) is 0 Å². The Morgan fingerprint density at radius 3 is 3.00 bits per heavy atom. The Labute approximate surface area is 53.1 Å². The van der Waals surface area contributed by atoms with Crippen LogP contribution in [-0.2, 0) is 0 Å². The van der Waals surface area contributed by atoms with Crippen molar-refractivity contribution in [1.29, 1.82) is 0 Å². The number of nitrogens with zero attached hydrogens (tertiary/aromatic N) is 1. The van der Waals surface area contributed by atoms with Crippen LogP contribution in [0, 0.1) is 0 Å². The zero-order valence-corrected chi connectivity index (χ0v) is 5.56. The van der Waals surface area contributed by atoms with Gasteiger partial charge in [-0.05, 0) is 33.0 Å². The molecule has 0 aromatic rings. The monoisotopic (exact) mass is 114 g/mol. The van der Waals surface area contributed by atoms with E-state index in [1.807, 2.05) is 0 Å². The Morgan fingerprint density at radius 1 is 1.25 bits per heavy atom. The second kappa shape index (κ2) is 3.08. The van der Waals surface area contributed by atoms with Crippen LogP contribution >= 0.6 is 0 Å². The summed E-state index contributed by atoms with van der Waals surface area (Å²) < 4.78 is 7.50. The molecule has 0 radical (unpaired) electrons. The molecule has 1 saturated heterocycles. The Balaban J connectivity index is 2.29. The normalized spacial score (nSPS) is 36.1. The van der Waals surface area contributed by atoms with Crippen LogP contribution in [0.15, 0.2) is 0 Å². The van der Waals surface area contributed by atoms with Crippen LogP contribution in [0.3, 0.4) is 0 Å². The van der Waals surface area contributed by atoms with Gasteiger partial charge in [0.25, 0.3) is 0 Å². The third kappa shape index (κ3) is 1.83. The van der Waals surface area contributed by atoms with Crippen LogP contribution < -0.4 is 0 Å². The lowest BCUT2D eigenvalue weighted by Gasteiger charge is -2.10. The third-order valence-corrected chi connectivity index (χ3v) is 1.64. The van der Waals surface area contributed by atoms with E-state index >= 15 is 0 Å². The highest BCUT2D eigenvalue weighted by atomic mass is 15.1.